The summed E-state index contributed by atoms with van der Waals surface area (Å²) in [5.74, 6) is -0.280. The van der Waals surface area contributed by atoms with Gasteiger partial charge in [-0.3, -0.25) is 9.10 Å². The van der Waals surface area contributed by atoms with Gasteiger partial charge in [-0.1, -0.05) is 29.8 Å². The van der Waals surface area contributed by atoms with E-state index in [1.165, 1.54) is 10.4 Å². The van der Waals surface area contributed by atoms with Crippen LogP contribution in [0.5, 0.6) is 0 Å². The molecule has 21 heavy (non-hydrogen) atoms. The van der Waals surface area contributed by atoms with Gasteiger partial charge < -0.3 is 0 Å². The zero-order chi connectivity index (χ0) is 15.6. The summed E-state index contributed by atoms with van der Waals surface area (Å²) in [6.45, 7) is 5.43. The van der Waals surface area contributed by atoms with Gasteiger partial charge in [-0.05, 0) is 45.4 Å². The van der Waals surface area contributed by atoms with E-state index >= 15 is 0 Å². The smallest absolute Gasteiger partial charge is 0.264 e. The maximum atomic E-state index is 12.8. The highest BCUT2D eigenvalue weighted by molar-refractivity contribution is 7.89. The predicted molar refractivity (Wildman–Crippen MR) is 82.2 cm³/mol. The first kappa shape index (κ1) is 15.5. The molecule has 0 radical (unpaired) electrons. The highest BCUT2D eigenvalue weighted by atomic mass is 32.2. The van der Waals surface area contributed by atoms with Crippen molar-refractivity contribution in [2.24, 2.45) is 0 Å². The van der Waals surface area contributed by atoms with Crippen molar-refractivity contribution in [2.45, 2.75) is 38.1 Å². The van der Waals surface area contributed by atoms with Gasteiger partial charge in [0.05, 0.1) is 10.6 Å². The maximum Gasteiger partial charge on any atom is 0.264 e. The Morgan fingerprint density at radius 2 is 1.90 bits per heavy atom. The lowest BCUT2D eigenvalue weighted by atomic mass is 10.2. The number of nitrogens with zero attached hydrogens (tertiary/aromatic N) is 1. The second-order valence-electron chi connectivity index (χ2n) is 5.15. The molecule has 0 aliphatic carbocycles. The third kappa shape index (κ3) is 2.93. The summed E-state index contributed by atoms with van der Waals surface area (Å²) in [5, 5.41) is 0. The molecule has 2 rings (SSSR count). The molecule has 0 amide bonds. The number of carbonyl (C=O) groups is 1. The zero-order valence-corrected chi connectivity index (χ0v) is 13.2. The number of benzene rings is 1. The van der Waals surface area contributed by atoms with Crippen LogP contribution in [0.2, 0.25) is 0 Å². The fourth-order valence-corrected chi connectivity index (χ4v) is 4.03. The van der Waals surface area contributed by atoms with Gasteiger partial charge in [-0.2, -0.15) is 0 Å². The molecular weight excluding hydrogens is 286 g/mol. The Kier molecular flexibility index (Phi) is 4.32. The van der Waals surface area contributed by atoms with Crippen LogP contribution in [0.1, 0.15) is 25.8 Å². The van der Waals surface area contributed by atoms with E-state index < -0.39 is 10.0 Å². The second kappa shape index (κ2) is 5.85. The minimum Gasteiger partial charge on any atom is -0.288 e. The maximum absolute atomic E-state index is 12.8. The van der Waals surface area contributed by atoms with Crippen LogP contribution in [0, 0.1) is 6.92 Å². The summed E-state index contributed by atoms with van der Waals surface area (Å²) in [6, 6.07) is 6.41. The van der Waals surface area contributed by atoms with Crippen LogP contribution in [-0.4, -0.2) is 24.5 Å². The Hall–Kier alpha value is -1.88. The molecule has 0 saturated carbocycles. The largest absolute Gasteiger partial charge is 0.288 e. The lowest BCUT2D eigenvalue weighted by Crippen LogP contribution is -2.36. The van der Waals surface area contributed by atoms with E-state index in [4.69, 9.17) is 0 Å². The van der Waals surface area contributed by atoms with Gasteiger partial charge >= 0.3 is 0 Å². The molecule has 1 aliphatic heterocycles. The second-order valence-corrected chi connectivity index (χ2v) is 6.97. The SMILES string of the molecule is C/C=C/C(=O)C1=CCC(C)N1S(=O)(=O)c1ccc(C)cc1. The fraction of sp³-hybridized carbons (Fsp3) is 0.312. The van der Waals surface area contributed by atoms with Gasteiger partial charge in [0.25, 0.3) is 10.0 Å². The number of hydrogen-bond acceptors (Lipinski definition) is 3. The average Bonchev–Trinajstić information content (AvgIpc) is 2.82. The van der Waals surface area contributed by atoms with Gasteiger partial charge in [0.1, 0.15) is 0 Å². The summed E-state index contributed by atoms with van der Waals surface area (Å²) in [5.41, 5.74) is 1.23. The molecule has 4 nitrogen and oxygen atoms in total. The Morgan fingerprint density at radius 1 is 1.29 bits per heavy atom. The molecule has 0 saturated heterocycles. The molecule has 0 fully saturated rings. The molecule has 112 valence electrons. The molecule has 5 heteroatoms. The number of carbonyl (C=O) groups excluding carboxylic acids is 1. The highest BCUT2D eigenvalue weighted by Crippen LogP contribution is 2.30. The molecule has 1 unspecified atom stereocenters. The average molecular weight is 305 g/mol. The van der Waals surface area contributed by atoms with Crippen molar-refractivity contribution in [2.75, 3.05) is 0 Å². The Bertz CT molecular complexity index is 700. The van der Waals surface area contributed by atoms with Crippen LogP contribution in [-0.2, 0) is 14.8 Å². The monoisotopic (exact) mass is 305 g/mol. The van der Waals surface area contributed by atoms with E-state index in [0.717, 1.165) is 5.56 Å². The zero-order valence-electron chi connectivity index (χ0n) is 12.4. The van der Waals surface area contributed by atoms with E-state index in [0.29, 0.717) is 6.42 Å². The fourth-order valence-electron chi connectivity index (χ4n) is 2.34. The first-order valence-electron chi connectivity index (χ1n) is 6.86. The number of rotatable bonds is 4. The van der Waals surface area contributed by atoms with Crippen molar-refractivity contribution in [1.29, 1.82) is 0 Å². The summed E-state index contributed by atoms with van der Waals surface area (Å²) in [6.07, 6.45) is 5.24. The molecular formula is C16H19NO3S. The van der Waals surface area contributed by atoms with Crippen LogP contribution in [0.3, 0.4) is 0 Å². The van der Waals surface area contributed by atoms with Gasteiger partial charge in [-0.25, -0.2) is 8.42 Å². The van der Waals surface area contributed by atoms with E-state index in [2.05, 4.69) is 0 Å². The molecule has 1 aromatic carbocycles. The number of ketones is 1. The molecule has 0 aromatic heterocycles. The van der Waals surface area contributed by atoms with Crippen LogP contribution < -0.4 is 0 Å². The van der Waals surface area contributed by atoms with E-state index in [1.54, 1.807) is 50.3 Å². The summed E-state index contributed by atoms with van der Waals surface area (Å²) in [7, 11) is -3.71. The molecule has 0 spiro atoms. The van der Waals surface area contributed by atoms with Gasteiger partial charge in [-0.15, -0.1) is 0 Å². The number of aryl methyl sites for hydroxylation is 1. The van der Waals surface area contributed by atoms with Crippen LogP contribution in [0.15, 0.2) is 53.1 Å². The van der Waals surface area contributed by atoms with Crippen molar-refractivity contribution in [3.05, 3.63) is 53.8 Å². The topological polar surface area (TPSA) is 54.5 Å². The van der Waals surface area contributed by atoms with Gasteiger partial charge in [0.15, 0.2) is 0 Å². The molecule has 1 aromatic rings. The standard InChI is InChI=1S/C16H19NO3S/c1-4-5-16(18)15-11-8-13(3)17(15)21(19,20)14-9-6-12(2)7-10-14/h4-7,9-11,13H,8H2,1-3H3/b5-4+. The molecule has 1 atom stereocenters. The Labute approximate surface area is 125 Å². The van der Waals surface area contributed by atoms with Crippen molar-refractivity contribution >= 4 is 15.8 Å². The van der Waals surface area contributed by atoms with Crippen molar-refractivity contribution in [1.82, 2.24) is 4.31 Å². The number of allylic oxidation sites excluding steroid dienone is 2. The quantitative estimate of drug-likeness (QED) is 0.804. The van der Waals surface area contributed by atoms with Crippen LogP contribution in [0.25, 0.3) is 0 Å². The Morgan fingerprint density at radius 3 is 2.48 bits per heavy atom. The number of hydrogen-bond donors (Lipinski definition) is 0. The normalized spacial score (nSPS) is 19.1. The predicted octanol–water partition coefficient (Wildman–Crippen LogP) is 2.81. The molecule has 0 bridgehead atoms. The van der Waals surface area contributed by atoms with E-state index in [-0.39, 0.29) is 22.4 Å². The van der Waals surface area contributed by atoms with E-state index in [1.807, 2.05) is 6.92 Å². The molecule has 0 N–H and O–H groups in total. The molecule has 1 aliphatic rings. The van der Waals surface area contributed by atoms with E-state index in [9.17, 15) is 13.2 Å². The molecule has 1 heterocycles. The van der Waals surface area contributed by atoms with Crippen molar-refractivity contribution in [3.8, 4) is 0 Å². The first-order chi connectivity index (χ1) is 9.87. The van der Waals surface area contributed by atoms with Gasteiger partial charge in [0.2, 0.25) is 5.78 Å². The lowest BCUT2D eigenvalue weighted by molar-refractivity contribution is -0.112. The minimum absolute atomic E-state index is 0.209. The number of sulfonamides is 1. The third-order valence-corrected chi connectivity index (χ3v) is 5.38. The highest BCUT2D eigenvalue weighted by Gasteiger charge is 2.36. The third-order valence-electron chi connectivity index (χ3n) is 3.44. The first-order valence-corrected chi connectivity index (χ1v) is 8.30. The minimum atomic E-state index is -3.71. The summed E-state index contributed by atoms with van der Waals surface area (Å²) in [4.78, 5) is 12.3. The lowest BCUT2D eigenvalue weighted by Gasteiger charge is -2.26. The Balaban J connectivity index is 2.44. The summed E-state index contributed by atoms with van der Waals surface area (Å²) >= 11 is 0. The van der Waals surface area contributed by atoms with Crippen molar-refractivity contribution in [3.63, 3.8) is 0 Å². The summed E-state index contributed by atoms with van der Waals surface area (Å²) < 4.78 is 26.8. The van der Waals surface area contributed by atoms with Crippen LogP contribution in [0.4, 0.5) is 0 Å². The van der Waals surface area contributed by atoms with Crippen molar-refractivity contribution < 1.29 is 13.2 Å². The van der Waals surface area contributed by atoms with Gasteiger partial charge in [0, 0.05) is 6.04 Å². The van der Waals surface area contributed by atoms with Crippen LogP contribution >= 0.6 is 0 Å².